The van der Waals surface area contributed by atoms with Crippen LogP contribution in [-0.4, -0.2) is 13.2 Å². The lowest BCUT2D eigenvalue weighted by Crippen LogP contribution is -2.15. The van der Waals surface area contributed by atoms with E-state index in [0.717, 1.165) is 0 Å². The average Bonchev–Trinajstić information content (AvgIpc) is 2.41. The van der Waals surface area contributed by atoms with E-state index >= 15 is 0 Å². The van der Waals surface area contributed by atoms with Gasteiger partial charge in [-0.1, -0.05) is 35.9 Å². The summed E-state index contributed by atoms with van der Waals surface area (Å²) in [5.41, 5.74) is 1.08. The summed E-state index contributed by atoms with van der Waals surface area (Å²) in [5.74, 6) is 0.768. The Bertz CT molecular complexity index is 598. The summed E-state index contributed by atoms with van der Waals surface area (Å²) >= 11 is 5.80. The third-order valence-electron chi connectivity index (χ3n) is 2.81. The highest BCUT2D eigenvalue weighted by atomic mass is 35.5. The van der Waals surface area contributed by atoms with Crippen molar-refractivity contribution in [1.82, 2.24) is 0 Å². The average molecular weight is 265 g/mol. The lowest BCUT2D eigenvalue weighted by molar-refractivity contribution is 0.172. The van der Waals surface area contributed by atoms with Gasteiger partial charge in [-0.15, -0.1) is 0 Å². The van der Waals surface area contributed by atoms with E-state index < -0.39 is 5.82 Å². The number of benzene rings is 2. The van der Waals surface area contributed by atoms with Gasteiger partial charge in [-0.25, -0.2) is 4.39 Å². The zero-order valence-corrected chi connectivity index (χ0v) is 10.2. The van der Waals surface area contributed by atoms with Crippen molar-refractivity contribution in [3.05, 3.63) is 47.2 Å². The molecule has 0 saturated heterocycles. The Hall–Kier alpha value is -1.74. The molecule has 92 valence electrons. The molecule has 1 heterocycles. The van der Waals surface area contributed by atoms with Gasteiger partial charge in [-0.3, -0.25) is 0 Å². The van der Waals surface area contributed by atoms with Crippen molar-refractivity contribution >= 4 is 11.6 Å². The number of hydrogen-bond acceptors (Lipinski definition) is 2. The second-order valence-electron chi connectivity index (χ2n) is 3.93. The molecule has 18 heavy (non-hydrogen) atoms. The van der Waals surface area contributed by atoms with Crippen LogP contribution in [0.15, 0.2) is 36.4 Å². The first-order chi connectivity index (χ1) is 8.77. The van der Waals surface area contributed by atoms with Gasteiger partial charge in [0.05, 0.1) is 5.02 Å². The van der Waals surface area contributed by atoms with Gasteiger partial charge in [0.2, 0.25) is 0 Å². The monoisotopic (exact) mass is 264 g/mol. The van der Waals surface area contributed by atoms with Crippen molar-refractivity contribution in [2.45, 2.75) is 0 Å². The van der Waals surface area contributed by atoms with E-state index in [4.69, 9.17) is 21.1 Å². The first kappa shape index (κ1) is 11.4. The van der Waals surface area contributed by atoms with Gasteiger partial charge in [-0.05, 0) is 12.1 Å². The summed E-state index contributed by atoms with van der Waals surface area (Å²) < 4.78 is 25.1. The second kappa shape index (κ2) is 4.50. The van der Waals surface area contributed by atoms with Crippen LogP contribution in [0.2, 0.25) is 5.02 Å². The molecular formula is C14H10ClFO2. The van der Waals surface area contributed by atoms with Crippen LogP contribution in [0, 0.1) is 5.82 Å². The Morgan fingerprint density at radius 2 is 1.67 bits per heavy atom. The molecule has 0 unspecified atom stereocenters. The van der Waals surface area contributed by atoms with E-state index in [1.807, 2.05) is 6.07 Å². The molecule has 2 aromatic rings. The zero-order chi connectivity index (χ0) is 12.5. The normalized spacial score (nSPS) is 13.4. The Kier molecular flexibility index (Phi) is 2.84. The molecule has 4 heteroatoms. The van der Waals surface area contributed by atoms with E-state index in [1.54, 1.807) is 24.3 Å². The maximum absolute atomic E-state index is 14.0. The van der Waals surface area contributed by atoms with Crippen LogP contribution in [0.3, 0.4) is 0 Å². The molecule has 0 amide bonds. The minimum absolute atomic E-state index is 0.0989. The highest BCUT2D eigenvalue weighted by Crippen LogP contribution is 2.41. The Morgan fingerprint density at radius 1 is 0.944 bits per heavy atom. The molecule has 0 saturated carbocycles. The molecule has 0 spiro atoms. The maximum Gasteiger partial charge on any atom is 0.169 e. The van der Waals surface area contributed by atoms with Crippen molar-refractivity contribution in [2.75, 3.05) is 13.2 Å². The van der Waals surface area contributed by atoms with Crippen LogP contribution < -0.4 is 9.47 Å². The van der Waals surface area contributed by atoms with Crippen molar-refractivity contribution in [2.24, 2.45) is 0 Å². The van der Waals surface area contributed by atoms with Crippen LogP contribution in [0.1, 0.15) is 0 Å². The molecule has 0 atom stereocenters. The van der Waals surface area contributed by atoms with Gasteiger partial charge in [0.1, 0.15) is 19.0 Å². The molecule has 0 aromatic heterocycles. The Morgan fingerprint density at radius 3 is 2.56 bits per heavy atom. The SMILES string of the molecule is Fc1c(Cl)cccc1-c1cccc2c1OCCO2. The predicted octanol–water partition coefficient (Wildman–Crippen LogP) is 3.92. The van der Waals surface area contributed by atoms with Crippen molar-refractivity contribution in [1.29, 1.82) is 0 Å². The molecule has 1 aliphatic heterocycles. The molecule has 0 aliphatic carbocycles. The smallest absolute Gasteiger partial charge is 0.169 e. The largest absolute Gasteiger partial charge is 0.486 e. The van der Waals surface area contributed by atoms with Crippen molar-refractivity contribution in [3.8, 4) is 22.6 Å². The van der Waals surface area contributed by atoms with Gasteiger partial charge in [0, 0.05) is 11.1 Å². The molecule has 2 nitrogen and oxygen atoms in total. The Balaban J connectivity index is 2.20. The standard InChI is InChI=1S/C14H10ClFO2/c15-11-5-1-3-9(13(11)16)10-4-2-6-12-14(10)18-8-7-17-12/h1-6H,7-8H2. The van der Waals surface area contributed by atoms with Crippen LogP contribution in [0.4, 0.5) is 4.39 Å². The minimum Gasteiger partial charge on any atom is -0.486 e. The third-order valence-corrected chi connectivity index (χ3v) is 3.10. The number of para-hydroxylation sites is 1. The summed E-state index contributed by atoms with van der Waals surface area (Å²) in [7, 11) is 0. The number of rotatable bonds is 1. The van der Waals surface area contributed by atoms with Crippen LogP contribution in [-0.2, 0) is 0 Å². The van der Waals surface area contributed by atoms with E-state index in [0.29, 0.717) is 35.8 Å². The molecular weight excluding hydrogens is 255 g/mol. The molecule has 3 rings (SSSR count). The number of fused-ring (bicyclic) bond motifs is 1. The second-order valence-corrected chi connectivity index (χ2v) is 4.34. The number of ether oxygens (including phenoxy) is 2. The quantitative estimate of drug-likeness (QED) is 0.777. The fourth-order valence-electron chi connectivity index (χ4n) is 2.00. The summed E-state index contributed by atoms with van der Waals surface area (Å²) in [5, 5.41) is 0.0989. The first-order valence-corrected chi connectivity index (χ1v) is 5.98. The van der Waals surface area contributed by atoms with Crippen LogP contribution in [0.25, 0.3) is 11.1 Å². The van der Waals surface area contributed by atoms with Crippen molar-refractivity contribution in [3.63, 3.8) is 0 Å². The van der Waals surface area contributed by atoms with Crippen molar-refractivity contribution < 1.29 is 13.9 Å². The minimum atomic E-state index is -0.443. The van der Waals surface area contributed by atoms with Gasteiger partial charge < -0.3 is 9.47 Å². The molecule has 1 aliphatic rings. The van der Waals surface area contributed by atoms with E-state index in [1.165, 1.54) is 6.07 Å². The molecule has 0 N–H and O–H groups in total. The fourth-order valence-corrected chi connectivity index (χ4v) is 2.17. The third kappa shape index (κ3) is 1.81. The molecule has 0 radical (unpaired) electrons. The Labute approximate surface area is 109 Å². The van der Waals surface area contributed by atoms with E-state index in [2.05, 4.69) is 0 Å². The summed E-state index contributed by atoms with van der Waals surface area (Å²) in [4.78, 5) is 0. The number of halogens is 2. The fraction of sp³-hybridized carbons (Fsp3) is 0.143. The zero-order valence-electron chi connectivity index (χ0n) is 9.45. The van der Waals surface area contributed by atoms with Gasteiger partial charge in [-0.2, -0.15) is 0 Å². The lowest BCUT2D eigenvalue weighted by Gasteiger charge is -2.21. The van der Waals surface area contributed by atoms with Gasteiger partial charge in [0.25, 0.3) is 0 Å². The molecule has 0 bridgehead atoms. The highest BCUT2D eigenvalue weighted by molar-refractivity contribution is 6.31. The highest BCUT2D eigenvalue weighted by Gasteiger charge is 2.19. The maximum atomic E-state index is 14.0. The van der Waals surface area contributed by atoms with Gasteiger partial charge >= 0.3 is 0 Å². The predicted molar refractivity (Wildman–Crippen MR) is 67.8 cm³/mol. The van der Waals surface area contributed by atoms with E-state index in [9.17, 15) is 4.39 Å². The van der Waals surface area contributed by atoms with Crippen LogP contribution in [0.5, 0.6) is 11.5 Å². The van der Waals surface area contributed by atoms with Gasteiger partial charge in [0.15, 0.2) is 11.5 Å². The van der Waals surface area contributed by atoms with Crippen LogP contribution >= 0.6 is 11.6 Å². The summed E-state index contributed by atoms with van der Waals surface area (Å²) in [6, 6.07) is 10.3. The first-order valence-electron chi connectivity index (χ1n) is 5.60. The number of hydrogen-bond donors (Lipinski definition) is 0. The lowest BCUT2D eigenvalue weighted by atomic mass is 10.0. The van der Waals surface area contributed by atoms with E-state index in [-0.39, 0.29) is 5.02 Å². The molecule has 0 fully saturated rings. The summed E-state index contributed by atoms with van der Waals surface area (Å²) in [6.45, 7) is 0.973. The molecule has 2 aromatic carbocycles. The summed E-state index contributed by atoms with van der Waals surface area (Å²) in [6.07, 6.45) is 0. The topological polar surface area (TPSA) is 18.5 Å².